The Morgan fingerprint density at radius 1 is 1.19 bits per heavy atom. The summed E-state index contributed by atoms with van der Waals surface area (Å²) >= 11 is 12.1. The van der Waals surface area contributed by atoms with E-state index in [0.29, 0.717) is 22.5 Å². The second kappa shape index (κ2) is 8.28. The summed E-state index contributed by atoms with van der Waals surface area (Å²) in [7, 11) is 0. The summed E-state index contributed by atoms with van der Waals surface area (Å²) < 4.78 is 6.18. The first-order valence-corrected chi connectivity index (χ1v) is 10.9. The Morgan fingerprint density at radius 2 is 2.00 bits per heavy atom. The van der Waals surface area contributed by atoms with Crippen LogP contribution in [0.4, 0.5) is 0 Å². The molecular weight excluding hydrogens is 383 g/mol. The largest absolute Gasteiger partial charge is 0.375 e. The fourth-order valence-electron chi connectivity index (χ4n) is 5.07. The first-order valence-electron chi connectivity index (χ1n) is 10.2. The van der Waals surface area contributed by atoms with Crippen molar-refractivity contribution in [2.24, 2.45) is 0 Å². The Kier molecular flexibility index (Phi) is 5.98. The second-order valence-electron chi connectivity index (χ2n) is 8.29. The molecule has 4 nitrogen and oxygen atoms in total. The Bertz CT molecular complexity index is 685. The third-order valence-corrected chi connectivity index (χ3v) is 7.19. The number of halogens is 2. The van der Waals surface area contributed by atoms with Gasteiger partial charge in [-0.05, 0) is 75.7 Å². The Hall–Kier alpha value is -0.810. The molecule has 3 fully saturated rings. The van der Waals surface area contributed by atoms with Gasteiger partial charge in [0.05, 0.1) is 22.1 Å². The van der Waals surface area contributed by atoms with E-state index in [1.807, 2.05) is 6.07 Å². The lowest BCUT2D eigenvalue weighted by atomic mass is 9.76. The molecule has 148 valence electrons. The fourth-order valence-corrected chi connectivity index (χ4v) is 5.39. The van der Waals surface area contributed by atoms with Gasteiger partial charge in [-0.15, -0.1) is 0 Å². The number of nitrogens with zero attached hydrogens (tertiary/aromatic N) is 1. The van der Waals surface area contributed by atoms with Gasteiger partial charge in [0.2, 0.25) is 5.91 Å². The summed E-state index contributed by atoms with van der Waals surface area (Å²) in [4.78, 5) is 15.3. The van der Waals surface area contributed by atoms with E-state index in [2.05, 4.69) is 10.2 Å². The minimum Gasteiger partial charge on any atom is -0.375 e. The van der Waals surface area contributed by atoms with E-state index in [1.54, 1.807) is 12.1 Å². The smallest absolute Gasteiger partial charge is 0.224 e. The molecule has 1 aliphatic carbocycles. The molecule has 0 bridgehead atoms. The van der Waals surface area contributed by atoms with Crippen molar-refractivity contribution in [3.8, 4) is 0 Å². The average molecular weight is 411 g/mol. The lowest BCUT2D eigenvalue weighted by Crippen LogP contribution is -2.58. The monoisotopic (exact) mass is 410 g/mol. The number of benzene rings is 1. The predicted octanol–water partition coefficient (Wildman–Crippen LogP) is 4.22. The van der Waals surface area contributed by atoms with Crippen LogP contribution in [0.3, 0.4) is 0 Å². The van der Waals surface area contributed by atoms with Crippen molar-refractivity contribution in [1.82, 2.24) is 10.2 Å². The van der Waals surface area contributed by atoms with E-state index in [0.717, 1.165) is 44.5 Å². The number of rotatable bonds is 4. The molecule has 3 atom stereocenters. The maximum atomic E-state index is 12.7. The van der Waals surface area contributed by atoms with Gasteiger partial charge in [-0.1, -0.05) is 29.3 Å². The summed E-state index contributed by atoms with van der Waals surface area (Å²) in [5.74, 6) is 0.0610. The molecule has 2 aliphatic heterocycles. The van der Waals surface area contributed by atoms with E-state index >= 15 is 0 Å². The van der Waals surface area contributed by atoms with E-state index in [-0.39, 0.29) is 17.6 Å². The molecule has 3 unspecified atom stereocenters. The molecule has 1 N–H and O–H groups in total. The van der Waals surface area contributed by atoms with Crippen molar-refractivity contribution in [3.05, 3.63) is 33.8 Å². The van der Waals surface area contributed by atoms with Gasteiger partial charge in [-0.2, -0.15) is 0 Å². The van der Waals surface area contributed by atoms with Gasteiger partial charge >= 0.3 is 0 Å². The third kappa shape index (κ3) is 4.45. The summed E-state index contributed by atoms with van der Waals surface area (Å²) in [5.41, 5.74) is 0.948. The lowest BCUT2D eigenvalue weighted by Gasteiger charge is -2.46. The number of ether oxygens (including phenoxy) is 1. The van der Waals surface area contributed by atoms with Crippen molar-refractivity contribution < 1.29 is 9.53 Å². The molecular formula is C21H28Cl2N2O2. The molecule has 4 rings (SSSR count). The zero-order chi connectivity index (χ0) is 18.9. The number of hydrogen-bond acceptors (Lipinski definition) is 3. The minimum atomic E-state index is 0.0538. The molecule has 1 aromatic rings. The zero-order valence-electron chi connectivity index (χ0n) is 15.7. The van der Waals surface area contributed by atoms with Crippen LogP contribution in [0.25, 0.3) is 0 Å². The molecule has 0 radical (unpaired) electrons. The SMILES string of the molecule is O=C(Cc1ccc(Cl)c(Cl)c1)NC1CCC2(CCCO2)CC1N1CCCC1. The Morgan fingerprint density at radius 3 is 2.70 bits per heavy atom. The number of carbonyl (C=O) groups excluding carboxylic acids is 1. The van der Waals surface area contributed by atoms with Crippen LogP contribution in [0, 0.1) is 0 Å². The molecule has 1 aromatic carbocycles. The predicted molar refractivity (Wildman–Crippen MR) is 108 cm³/mol. The standard InChI is InChI=1S/C21H28Cl2N2O2/c22-16-5-4-15(12-17(16)23)13-20(26)24-18-6-8-21(7-3-11-27-21)14-19(18)25-9-1-2-10-25/h4-5,12,18-19H,1-3,6-11,13-14H2,(H,24,26). The highest BCUT2D eigenvalue weighted by Gasteiger charge is 2.46. The van der Waals surface area contributed by atoms with Gasteiger partial charge in [0, 0.05) is 18.7 Å². The topological polar surface area (TPSA) is 41.6 Å². The van der Waals surface area contributed by atoms with Crippen molar-refractivity contribution >= 4 is 29.1 Å². The molecule has 1 spiro atoms. The van der Waals surface area contributed by atoms with Gasteiger partial charge in [0.25, 0.3) is 0 Å². The summed E-state index contributed by atoms with van der Waals surface area (Å²) in [6.07, 6.45) is 8.28. The van der Waals surface area contributed by atoms with E-state index in [1.165, 1.54) is 25.7 Å². The van der Waals surface area contributed by atoms with Crippen LogP contribution in [0.1, 0.15) is 50.5 Å². The molecule has 0 aromatic heterocycles. The molecule has 2 saturated heterocycles. The highest BCUT2D eigenvalue weighted by Crippen LogP contribution is 2.41. The maximum Gasteiger partial charge on any atom is 0.224 e. The molecule has 6 heteroatoms. The van der Waals surface area contributed by atoms with Crippen LogP contribution >= 0.6 is 23.2 Å². The van der Waals surface area contributed by atoms with E-state index < -0.39 is 0 Å². The fraction of sp³-hybridized carbons (Fsp3) is 0.667. The second-order valence-corrected chi connectivity index (χ2v) is 9.10. The van der Waals surface area contributed by atoms with Gasteiger partial charge in [0.1, 0.15) is 0 Å². The maximum absolute atomic E-state index is 12.7. The van der Waals surface area contributed by atoms with Crippen LogP contribution in [-0.2, 0) is 16.0 Å². The van der Waals surface area contributed by atoms with Crippen LogP contribution < -0.4 is 5.32 Å². The normalized spacial score (nSPS) is 31.5. The van der Waals surface area contributed by atoms with Gasteiger partial charge in [-0.25, -0.2) is 0 Å². The number of carbonyl (C=O) groups is 1. The number of likely N-dealkylation sites (tertiary alicyclic amines) is 1. The van der Waals surface area contributed by atoms with Crippen molar-refractivity contribution in [3.63, 3.8) is 0 Å². The molecule has 27 heavy (non-hydrogen) atoms. The third-order valence-electron chi connectivity index (χ3n) is 6.45. The van der Waals surface area contributed by atoms with Crippen molar-refractivity contribution in [2.75, 3.05) is 19.7 Å². The van der Waals surface area contributed by atoms with Gasteiger partial charge < -0.3 is 10.1 Å². The van der Waals surface area contributed by atoms with Crippen LogP contribution in [0.5, 0.6) is 0 Å². The molecule has 3 aliphatic rings. The highest BCUT2D eigenvalue weighted by atomic mass is 35.5. The van der Waals surface area contributed by atoms with Gasteiger partial charge in [0.15, 0.2) is 0 Å². The first kappa shape index (κ1) is 19.5. The van der Waals surface area contributed by atoms with Crippen LogP contribution in [0.15, 0.2) is 18.2 Å². The summed E-state index contributed by atoms with van der Waals surface area (Å²) in [5, 5.41) is 4.34. The summed E-state index contributed by atoms with van der Waals surface area (Å²) in [6.45, 7) is 3.17. The zero-order valence-corrected chi connectivity index (χ0v) is 17.2. The average Bonchev–Trinajstić information content (AvgIpc) is 3.32. The number of nitrogens with one attached hydrogen (secondary N) is 1. The Balaban J connectivity index is 1.42. The minimum absolute atomic E-state index is 0.0538. The highest BCUT2D eigenvalue weighted by molar-refractivity contribution is 6.42. The van der Waals surface area contributed by atoms with Crippen molar-refractivity contribution in [1.29, 1.82) is 0 Å². The molecule has 1 saturated carbocycles. The van der Waals surface area contributed by atoms with Crippen LogP contribution in [0.2, 0.25) is 10.0 Å². The molecule has 1 amide bonds. The van der Waals surface area contributed by atoms with Gasteiger partial charge in [-0.3, -0.25) is 9.69 Å². The summed E-state index contributed by atoms with van der Waals surface area (Å²) in [6, 6.07) is 5.99. The van der Waals surface area contributed by atoms with Crippen LogP contribution in [-0.4, -0.2) is 48.2 Å². The quantitative estimate of drug-likeness (QED) is 0.807. The van der Waals surface area contributed by atoms with E-state index in [9.17, 15) is 4.79 Å². The lowest BCUT2D eigenvalue weighted by molar-refractivity contribution is -0.123. The number of hydrogen-bond donors (Lipinski definition) is 1. The number of amides is 1. The Labute approximate surface area is 171 Å². The van der Waals surface area contributed by atoms with Crippen molar-refractivity contribution in [2.45, 2.75) is 69.1 Å². The molecule has 2 heterocycles. The first-order chi connectivity index (χ1) is 13.0. The van der Waals surface area contributed by atoms with E-state index in [4.69, 9.17) is 27.9 Å².